The minimum atomic E-state index is -0.0886. The molecule has 1 saturated heterocycles. The van der Waals surface area contributed by atoms with E-state index in [-0.39, 0.29) is 11.9 Å². The number of pyridine rings is 1. The van der Waals surface area contributed by atoms with Crippen LogP contribution in [0.3, 0.4) is 0 Å². The zero-order valence-corrected chi connectivity index (χ0v) is 15.4. The number of hydrogen-bond acceptors (Lipinski definition) is 5. The lowest BCUT2D eigenvalue weighted by atomic mass is 10.0. The Morgan fingerprint density at radius 3 is 2.65 bits per heavy atom. The van der Waals surface area contributed by atoms with Gasteiger partial charge in [-0.15, -0.1) is 0 Å². The van der Waals surface area contributed by atoms with Gasteiger partial charge in [-0.25, -0.2) is 4.98 Å². The van der Waals surface area contributed by atoms with Crippen LogP contribution in [0.4, 0.5) is 5.82 Å². The molecule has 0 saturated carbocycles. The highest BCUT2D eigenvalue weighted by Gasteiger charge is 2.23. The van der Waals surface area contributed by atoms with Crippen LogP contribution in [-0.2, 0) is 4.74 Å². The number of hydrogen-bond donors (Lipinski definition) is 2. The van der Waals surface area contributed by atoms with E-state index >= 15 is 0 Å². The molecule has 1 aromatic carbocycles. The summed E-state index contributed by atoms with van der Waals surface area (Å²) in [5.41, 5.74) is 3.05. The predicted octanol–water partition coefficient (Wildman–Crippen LogP) is 2.24. The summed E-state index contributed by atoms with van der Waals surface area (Å²) in [6.07, 6.45) is 1.64. The number of amides is 1. The molecule has 0 spiro atoms. The van der Waals surface area contributed by atoms with Crippen molar-refractivity contribution >= 4 is 11.7 Å². The largest absolute Gasteiger partial charge is 0.379 e. The van der Waals surface area contributed by atoms with E-state index in [2.05, 4.69) is 51.7 Å². The Kier molecular flexibility index (Phi) is 6.20. The molecule has 6 nitrogen and oxygen atoms in total. The first-order valence-electron chi connectivity index (χ1n) is 8.98. The first-order chi connectivity index (χ1) is 12.7. The van der Waals surface area contributed by atoms with E-state index in [0.717, 1.165) is 26.3 Å². The highest BCUT2D eigenvalue weighted by molar-refractivity contribution is 5.94. The second-order valence-corrected chi connectivity index (χ2v) is 6.46. The van der Waals surface area contributed by atoms with Crippen LogP contribution in [0, 0.1) is 6.92 Å². The fourth-order valence-electron chi connectivity index (χ4n) is 3.14. The Balaban J connectivity index is 1.72. The van der Waals surface area contributed by atoms with Gasteiger partial charge in [0.2, 0.25) is 0 Å². The molecular formula is C20H26N4O2. The van der Waals surface area contributed by atoms with Crippen LogP contribution in [0.5, 0.6) is 0 Å². The molecule has 0 radical (unpaired) electrons. The number of carbonyl (C=O) groups is 1. The Morgan fingerprint density at radius 2 is 1.96 bits per heavy atom. The van der Waals surface area contributed by atoms with Crippen LogP contribution >= 0.6 is 0 Å². The lowest BCUT2D eigenvalue weighted by Gasteiger charge is -2.35. The number of anilines is 1. The highest BCUT2D eigenvalue weighted by atomic mass is 16.5. The highest BCUT2D eigenvalue weighted by Crippen LogP contribution is 2.22. The van der Waals surface area contributed by atoms with Crippen LogP contribution in [0.1, 0.15) is 27.5 Å². The van der Waals surface area contributed by atoms with Gasteiger partial charge in [0.15, 0.2) is 0 Å². The van der Waals surface area contributed by atoms with Crippen molar-refractivity contribution in [3.63, 3.8) is 0 Å². The van der Waals surface area contributed by atoms with E-state index < -0.39 is 0 Å². The van der Waals surface area contributed by atoms with E-state index in [9.17, 15) is 4.79 Å². The van der Waals surface area contributed by atoms with Gasteiger partial charge in [-0.2, -0.15) is 0 Å². The quantitative estimate of drug-likeness (QED) is 0.833. The summed E-state index contributed by atoms with van der Waals surface area (Å²) in [4.78, 5) is 19.1. The number of rotatable bonds is 6. The zero-order valence-electron chi connectivity index (χ0n) is 15.4. The van der Waals surface area contributed by atoms with Crippen molar-refractivity contribution in [3.8, 4) is 0 Å². The average Bonchev–Trinajstić information content (AvgIpc) is 2.70. The Labute approximate surface area is 154 Å². The summed E-state index contributed by atoms with van der Waals surface area (Å²) in [6, 6.07) is 12.1. The summed E-state index contributed by atoms with van der Waals surface area (Å²) in [7, 11) is 1.79. The van der Waals surface area contributed by atoms with Gasteiger partial charge in [-0.1, -0.05) is 29.8 Å². The van der Waals surface area contributed by atoms with Crippen molar-refractivity contribution in [2.24, 2.45) is 0 Å². The molecule has 1 amide bonds. The molecule has 2 heterocycles. The van der Waals surface area contributed by atoms with E-state index in [0.29, 0.717) is 17.9 Å². The average molecular weight is 354 g/mol. The maximum atomic E-state index is 12.6. The van der Waals surface area contributed by atoms with Gasteiger partial charge in [0, 0.05) is 38.4 Å². The maximum Gasteiger partial charge on any atom is 0.251 e. The molecule has 1 aliphatic rings. The van der Waals surface area contributed by atoms with Gasteiger partial charge in [-0.3, -0.25) is 9.69 Å². The molecule has 1 aromatic heterocycles. The first kappa shape index (κ1) is 18.4. The Morgan fingerprint density at radius 1 is 1.23 bits per heavy atom. The number of aromatic nitrogens is 1. The summed E-state index contributed by atoms with van der Waals surface area (Å²) in [5.74, 6) is 0.593. The molecule has 1 fully saturated rings. The lowest BCUT2D eigenvalue weighted by molar-refractivity contribution is 0.0162. The molecule has 1 atom stereocenters. The second kappa shape index (κ2) is 8.78. The molecule has 1 aliphatic heterocycles. The van der Waals surface area contributed by atoms with E-state index in [1.54, 1.807) is 25.4 Å². The minimum Gasteiger partial charge on any atom is -0.379 e. The molecule has 2 N–H and O–H groups in total. The van der Waals surface area contributed by atoms with Crippen LogP contribution in [-0.4, -0.2) is 55.7 Å². The summed E-state index contributed by atoms with van der Waals surface area (Å²) in [6.45, 7) is 5.83. The Bertz CT molecular complexity index is 727. The molecule has 0 aliphatic carbocycles. The Hall–Kier alpha value is -2.44. The molecule has 0 unspecified atom stereocenters. The van der Waals surface area contributed by atoms with Crippen molar-refractivity contribution in [2.45, 2.75) is 13.0 Å². The smallest absolute Gasteiger partial charge is 0.251 e. The summed E-state index contributed by atoms with van der Waals surface area (Å²) >= 11 is 0. The fraction of sp³-hybridized carbons (Fsp3) is 0.400. The SMILES string of the molecule is CNc1cc(C(=O)NC[C@H](c2ccc(C)cc2)N2CCOCC2)ccn1. The fourth-order valence-corrected chi connectivity index (χ4v) is 3.14. The van der Waals surface area contributed by atoms with Crippen LogP contribution in [0.2, 0.25) is 0 Å². The number of aryl methyl sites for hydroxylation is 1. The summed E-state index contributed by atoms with van der Waals surface area (Å²) < 4.78 is 5.48. The molecule has 26 heavy (non-hydrogen) atoms. The third kappa shape index (κ3) is 4.59. The number of nitrogens with one attached hydrogen (secondary N) is 2. The van der Waals surface area contributed by atoms with Gasteiger partial charge in [0.05, 0.1) is 19.3 Å². The standard InChI is InChI=1S/C20H26N4O2/c1-15-3-5-16(6-4-15)18(24-9-11-26-12-10-24)14-23-20(25)17-7-8-22-19(13-17)21-2/h3-8,13,18H,9-12,14H2,1-2H3,(H,21,22)(H,23,25)/t18-/m1/s1. The number of carbonyl (C=O) groups excluding carboxylic acids is 1. The van der Waals surface area contributed by atoms with Crippen LogP contribution < -0.4 is 10.6 Å². The second-order valence-electron chi connectivity index (χ2n) is 6.46. The molecule has 2 aromatic rings. The molecule has 0 bridgehead atoms. The van der Waals surface area contributed by atoms with E-state index in [4.69, 9.17) is 4.74 Å². The third-order valence-corrected chi connectivity index (χ3v) is 4.68. The zero-order chi connectivity index (χ0) is 18.4. The molecule has 3 rings (SSSR count). The van der Waals surface area contributed by atoms with Crippen molar-refractivity contribution in [1.82, 2.24) is 15.2 Å². The normalized spacial score (nSPS) is 16.1. The number of benzene rings is 1. The number of ether oxygens (including phenoxy) is 1. The van der Waals surface area contributed by atoms with Gasteiger partial charge in [-0.05, 0) is 24.6 Å². The van der Waals surface area contributed by atoms with Crippen molar-refractivity contribution in [2.75, 3.05) is 45.2 Å². The minimum absolute atomic E-state index is 0.0886. The first-order valence-corrected chi connectivity index (χ1v) is 8.98. The molecular weight excluding hydrogens is 328 g/mol. The number of morpholine rings is 1. The van der Waals surface area contributed by atoms with Crippen molar-refractivity contribution < 1.29 is 9.53 Å². The number of nitrogens with zero attached hydrogens (tertiary/aromatic N) is 2. The van der Waals surface area contributed by atoms with Crippen molar-refractivity contribution in [3.05, 3.63) is 59.3 Å². The van der Waals surface area contributed by atoms with Gasteiger partial charge >= 0.3 is 0 Å². The lowest BCUT2D eigenvalue weighted by Crippen LogP contribution is -2.43. The monoisotopic (exact) mass is 354 g/mol. The van der Waals surface area contributed by atoms with Gasteiger partial charge < -0.3 is 15.4 Å². The van der Waals surface area contributed by atoms with Gasteiger partial charge in [0.25, 0.3) is 5.91 Å². The topological polar surface area (TPSA) is 66.5 Å². The van der Waals surface area contributed by atoms with Crippen LogP contribution in [0.15, 0.2) is 42.6 Å². The summed E-state index contributed by atoms with van der Waals surface area (Å²) in [5, 5.41) is 6.04. The van der Waals surface area contributed by atoms with E-state index in [1.807, 2.05) is 0 Å². The van der Waals surface area contributed by atoms with Crippen LogP contribution in [0.25, 0.3) is 0 Å². The maximum absolute atomic E-state index is 12.6. The van der Waals surface area contributed by atoms with Crippen molar-refractivity contribution in [1.29, 1.82) is 0 Å². The molecule has 138 valence electrons. The van der Waals surface area contributed by atoms with E-state index in [1.165, 1.54) is 11.1 Å². The predicted molar refractivity (Wildman–Crippen MR) is 102 cm³/mol. The van der Waals surface area contributed by atoms with Gasteiger partial charge in [0.1, 0.15) is 5.82 Å². The third-order valence-electron chi connectivity index (χ3n) is 4.68. The molecule has 6 heteroatoms.